The van der Waals surface area contributed by atoms with Crippen molar-refractivity contribution < 1.29 is 9.53 Å². The van der Waals surface area contributed by atoms with Crippen molar-refractivity contribution in [1.82, 2.24) is 5.32 Å². The van der Waals surface area contributed by atoms with Crippen LogP contribution in [0.15, 0.2) is 12.1 Å². The van der Waals surface area contributed by atoms with Crippen molar-refractivity contribution in [2.75, 3.05) is 13.2 Å². The summed E-state index contributed by atoms with van der Waals surface area (Å²) in [6, 6.07) is 4.15. The molecule has 3 N–H and O–H groups in total. The van der Waals surface area contributed by atoms with Gasteiger partial charge in [-0.2, -0.15) is 0 Å². The third-order valence-electron chi connectivity index (χ3n) is 5.09. The molecule has 1 aliphatic heterocycles. The fourth-order valence-corrected chi connectivity index (χ4v) is 3.60. The molecule has 1 unspecified atom stereocenters. The summed E-state index contributed by atoms with van der Waals surface area (Å²) >= 11 is 0. The second-order valence-corrected chi connectivity index (χ2v) is 6.33. The van der Waals surface area contributed by atoms with Crippen LogP contribution in [0, 0.1) is 25.7 Å². The van der Waals surface area contributed by atoms with Gasteiger partial charge in [0.05, 0.1) is 6.04 Å². The Labute approximate surface area is 138 Å². The molecule has 122 valence electrons. The zero-order chi connectivity index (χ0) is 15.0. The number of fused-ring (bicyclic) bond motifs is 1. The van der Waals surface area contributed by atoms with E-state index in [9.17, 15) is 4.79 Å². The van der Waals surface area contributed by atoms with Crippen molar-refractivity contribution in [3.05, 3.63) is 28.8 Å². The fourth-order valence-electron chi connectivity index (χ4n) is 3.60. The fraction of sp³-hybridized carbons (Fsp3) is 0.588. The van der Waals surface area contributed by atoms with Crippen LogP contribution in [0.5, 0.6) is 5.75 Å². The maximum absolute atomic E-state index is 12.5. The zero-order valence-electron chi connectivity index (χ0n) is 13.2. The van der Waals surface area contributed by atoms with E-state index in [0.717, 1.165) is 30.6 Å². The van der Waals surface area contributed by atoms with Crippen molar-refractivity contribution >= 4 is 18.3 Å². The number of amides is 1. The number of halogens is 1. The third-order valence-corrected chi connectivity index (χ3v) is 5.09. The average molecular weight is 325 g/mol. The quantitative estimate of drug-likeness (QED) is 0.898. The molecule has 4 nitrogen and oxygen atoms in total. The van der Waals surface area contributed by atoms with Crippen LogP contribution in [0.4, 0.5) is 0 Å². The van der Waals surface area contributed by atoms with Crippen molar-refractivity contribution in [3.63, 3.8) is 0 Å². The summed E-state index contributed by atoms with van der Waals surface area (Å²) in [5, 5.41) is 3.17. The Hall–Kier alpha value is -1.26. The molecule has 0 aromatic heterocycles. The van der Waals surface area contributed by atoms with Gasteiger partial charge in [0, 0.05) is 11.5 Å². The highest BCUT2D eigenvalue weighted by Crippen LogP contribution is 2.38. The van der Waals surface area contributed by atoms with E-state index in [2.05, 4.69) is 31.3 Å². The summed E-state index contributed by atoms with van der Waals surface area (Å²) < 4.78 is 5.80. The van der Waals surface area contributed by atoms with Gasteiger partial charge in [0.1, 0.15) is 12.4 Å². The molecule has 3 atom stereocenters. The standard InChI is InChI=1S/C17H24N2O2.ClH/c1-10-6-7-14-15(9-21-16(14)11(10)2)19-17(20)13-5-3-4-12(13)8-18;/h6-7,12-13,15H,3-5,8-9,18H2,1-2H3,(H,19,20);1H/t12-,13-,15?;/m1./s1. The SMILES string of the molecule is Cc1ccc2c(c1C)OCC2NC(=O)[C@@H]1CCC[C@@H]1CN.Cl. The number of aryl methyl sites for hydroxylation is 1. The highest BCUT2D eigenvalue weighted by atomic mass is 35.5. The van der Waals surface area contributed by atoms with Crippen LogP contribution < -0.4 is 15.8 Å². The number of carbonyl (C=O) groups is 1. The Morgan fingerprint density at radius 3 is 2.86 bits per heavy atom. The molecule has 5 heteroatoms. The molecule has 1 amide bonds. The first kappa shape index (κ1) is 17.1. The van der Waals surface area contributed by atoms with Gasteiger partial charge in [-0.1, -0.05) is 18.6 Å². The number of benzene rings is 1. The highest BCUT2D eigenvalue weighted by molar-refractivity contribution is 5.85. The Kier molecular flexibility index (Phi) is 5.35. The monoisotopic (exact) mass is 324 g/mol. The normalized spacial score (nSPS) is 26.0. The average Bonchev–Trinajstić information content (AvgIpc) is 3.10. The van der Waals surface area contributed by atoms with E-state index in [-0.39, 0.29) is 30.3 Å². The minimum Gasteiger partial charge on any atom is -0.490 e. The van der Waals surface area contributed by atoms with Gasteiger partial charge in [0.15, 0.2) is 0 Å². The summed E-state index contributed by atoms with van der Waals surface area (Å²) in [4.78, 5) is 12.5. The number of nitrogens with two attached hydrogens (primary N) is 1. The molecule has 22 heavy (non-hydrogen) atoms. The first-order chi connectivity index (χ1) is 10.1. The van der Waals surface area contributed by atoms with Gasteiger partial charge in [0.2, 0.25) is 5.91 Å². The molecule has 0 spiro atoms. The molecule has 1 aromatic carbocycles. The lowest BCUT2D eigenvalue weighted by atomic mass is 9.94. The van der Waals surface area contributed by atoms with Gasteiger partial charge >= 0.3 is 0 Å². The number of ether oxygens (including phenoxy) is 1. The lowest BCUT2D eigenvalue weighted by Crippen LogP contribution is -2.37. The first-order valence-corrected chi connectivity index (χ1v) is 7.85. The summed E-state index contributed by atoms with van der Waals surface area (Å²) in [7, 11) is 0. The van der Waals surface area contributed by atoms with E-state index in [1.807, 2.05) is 0 Å². The van der Waals surface area contributed by atoms with Crippen LogP contribution in [-0.4, -0.2) is 19.1 Å². The van der Waals surface area contributed by atoms with Gasteiger partial charge < -0.3 is 15.8 Å². The second kappa shape index (κ2) is 6.88. The highest BCUT2D eigenvalue weighted by Gasteiger charge is 2.35. The number of hydrogen-bond acceptors (Lipinski definition) is 3. The van der Waals surface area contributed by atoms with Crippen molar-refractivity contribution in [1.29, 1.82) is 0 Å². The molecular weight excluding hydrogens is 300 g/mol. The molecular formula is C17H25ClN2O2. The first-order valence-electron chi connectivity index (χ1n) is 7.85. The third kappa shape index (κ3) is 2.95. The minimum absolute atomic E-state index is 0. The van der Waals surface area contributed by atoms with E-state index in [1.165, 1.54) is 11.1 Å². The van der Waals surface area contributed by atoms with Gasteiger partial charge in [-0.3, -0.25) is 4.79 Å². The van der Waals surface area contributed by atoms with Gasteiger partial charge in [-0.15, -0.1) is 12.4 Å². The van der Waals surface area contributed by atoms with Crippen LogP contribution in [0.2, 0.25) is 0 Å². The van der Waals surface area contributed by atoms with Gasteiger partial charge in [-0.05, 0) is 50.3 Å². The number of carbonyl (C=O) groups excluding carboxylic acids is 1. The molecule has 1 aromatic rings. The predicted molar refractivity (Wildman–Crippen MR) is 89.4 cm³/mol. The van der Waals surface area contributed by atoms with Crippen LogP contribution in [0.1, 0.15) is 42.0 Å². The molecule has 0 saturated heterocycles. The summed E-state index contributed by atoms with van der Waals surface area (Å²) in [5.41, 5.74) is 9.28. The number of rotatable bonds is 3. The Bertz CT molecular complexity index is 562. The molecule has 0 radical (unpaired) electrons. The van der Waals surface area contributed by atoms with Crippen LogP contribution in [0.25, 0.3) is 0 Å². The molecule has 2 aliphatic rings. The van der Waals surface area contributed by atoms with Crippen molar-refractivity contribution in [3.8, 4) is 5.75 Å². The maximum atomic E-state index is 12.5. The van der Waals surface area contributed by atoms with Gasteiger partial charge in [0.25, 0.3) is 0 Å². The Morgan fingerprint density at radius 1 is 1.36 bits per heavy atom. The van der Waals surface area contributed by atoms with Crippen molar-refractivity contribution in [2.24, 2.45) is 17.6 Å². The van der Waals surface area contributed by atoms with Crippen LogP contribution in [-0.2, 0) is 4.79 Å². The Morgan fingerprint density at radius 2 is 2.14 bits per heavy atom. The smallest absolute Gasteiger partial charge is 0.224 e. The topological polar surface area (TPSA) is 64.3 Å². The van der Waals surface area contributed by atoms with E-state index in [1.54, 1.807) is 0 Å². The minimum atomic E-state index is -0.0224. The molecule has 1 saturated carbocycles. The second-order valence-electron chi connectivity index (χ2n) is 6.33. The lowest BCUT2D eigenvalue weighted by molar-refractivity contribution is -0.126. The van der Waals surface area contributed by atoms with Crippen LogP contribution in [0.3, 0.4) is 0 Å². The van der Waals surface area contributed by atoms with Gasteiger partial charge in [-0.25, -0.2) is 0 Å². The van der Waals surface area contributed by atoms with E-state index >= 15 is 0 Å². The lowest BCUT2D eigenvalue weighted by Gasteiger charge is -2.20. The molecule has 3 rings (SSSR count). The number of nitrogens with one attached hydrogen (secondary N) is 1. The zero-order valence-corrected chi connectivity index (χ0v) is 14.0. The summed E-state index contributed by atoms with van der Waals surface area (Å²) in [6.45, 7) is 5.29. The predicted octanol–water partition coefficient (Wildman–Crippen LogP) is 2.65. The molecule has 1 fully saturated rings. The summed E-state index contributed by atoms with van der Waals surface area (Å²) in [6.07, 6.45) is 3.14. The molecule has 1 heterocycles. The van der Waals surface area contributed by atoms with E-state index < -0.39 is 0 Å². The largest absolute Gasteiger partial charge is 0.490 e. The van der Waals surface area contributed by atoms with Crippen molar-refractivity contribution in [2.45, 2.75) is 39.2 Å². The van der Waals surface area contributed by atoms with Crippen LogP contribution >= 0.6 is 12.4 Å². The molecule has 0 bridgehead atoms. The van der Waals surface area contributed by atoms with E-state index in [0.29, 0.717) is 19.1 Å². The molecule has 1 aliphatic carbocycles. The maximum Gasteiger partial charge on any atom is 0.224 e. The summed E-state index contributed by atoms with van der Waals surface area (Å²) in [5.74, 6) is 1.50. The van der Waals surface area contributed by atoms with E-state index in [4.69, 9.17) is 10.5 Å². The number of hydrogen-bond donors (Lipinski definition) is 2. The Balaban J connectivity index is 0.00000176.